The first-order valence-corrected chi connectivity index (χ1v) is 8.89. The summed E-state index contributed by atoms with van der Waals surface area (Å²) in [7, 11) is 0. The lowest BCUT2D eigenvalue weighted by Crippen LogP contribution is -2.16. The van der Waals surface area contributed by atoms with Gasteiger partial charge < -0.3 is 10.2 Å². The molecule has 1 aliphatic rings. The molecule has 0 atom stereocenters. The molecule has 1 N–H and O–H groups in total. The summed E-state index contributed by atoms with van der Waals surface area (Å²) >= 11 is 6.11. The average Bonchev–Trinajstić information content (AvgIpc) is 3.10. The number of carbonyl (C=O) groups is 1. The number of nitrogens with zero attached hydrogens (tertiary/aromatic N) is 2. The molecule has 1 aliphatic heterocycles. The quantitative estimate of drug-likeness (QED) is 0.713. The van der Waals surface area contributed by atoms with Crippen LogP contribution in [0, 0.1) is 6.92 Å². The first kappa shape index (κ1) is 16.6. The maximum absolute atomic E-state index is 12.5. The lowest BCUT2D eigenvalue weighted by atomic mass is 10.2. The molecule has 4 rings (SSSR count). The number of fused-ring (bicyclic) bond motifs is 1. The summed E-state index contributed by atoms with van der Waals surface area (Å²) in [5.74, 6) is 0.654. The van der Waals surface area contributed by atoms with Crippen LogP contribution in [0.3, 0.4) is 0 Å². The van der Waals surface area contributed by atoms with Gasteiger partial charge in [-0.1, -0.05) is 35.9 Å². The highest BCUT2D eigenvalue weighted by Crippen LogP contribution is 2.33. The normalized spacial score (nSPS) is 12.8. The van der Waals surface area contributed by atoms with Crippen LogP contribution in [0.4, 0.5) is 17.2 Å². The lowest BCUT2D eigenvalue weighted by Gasteiger charge is -2.18. The number of hydrogen-bond acceptors (Lipinski definition) is 3. The Hall–Kier alpha value is -2.85. The zero-order valence-corrected chi connectivity index (χ0v) is 15.1. The Balaban J connectivity index is 1.53. The van der Waals surface area contributed by atoms with E-state index in [2.05, 4.69) is 33.4 Å². The standard InChI is InChI=1S/C21H18ClN3O/c1-14-17(22)6-4-7-18(14)24-21(26)16-9-10-20(23-13-16)25-12-11-15-5-2-3-8-19(15)25/h2-10,13H,11-12H2,1H3,(H,24,26). The molecular weight excluding hydrogens is 346 g/mol. The predicted molar refractivity (Wildman–Crippen MR) is 106 cm³/mol. The number of halogens is 1. The number of anilines is 3. The number of rotatable bonds is 3. The van der Waals surface area contributed by atoms with E-state index in [1.54, 1.807) is 18.3 Å². The second kappa shape index (κ2) is 6.81. The van der Waals surface area contributed by atoms with Gasteiger partial charge in [-0.15, -0.1) is 0 Å². The molecule has 26 heavy (non-hydrogen) atoms. The van der Waals surface area contributed by atoms with E-state index in [4.69, 9.17) is 11.6 Å². The fraction of sp³-hybridized carbons (Fsp3) is 0.143. The van der Waals surface area contributed by atoms with E-state index in [1.807, 2.05) is 31.2 Å². The van der Waals surface area contributed by atoms with Crippen molar-refractivity contribution in [1.29, 1.82) is 0 Å². The van der Waals surface area contributed by atoms with Crippen molar-refractivity contribution in [2.75, 3.05) is 16.8 Å². The molecule has 0 spiro atoms. The van der Waals surface area contributed by atoms with E-state index >= 15 is 0 Å². The number of aromatic nitrogens is 1. The molecule has 0 saturated heterocycles. The minimum absolute atomic E-state index is 0.198. The average molecular weight is 364 g/mol. The van der Waals surface area contributed by atoms with Gasteiger partial charge in [-0.25, -0.2) is 4.98 Å². The Labute approximate surface area is 157 Å². The van der Waals surface area contributed by atoms with Crippen LogP contribution >= 0.6 is 11.6 Å². The topological polar surface area (TPSA) is 45.2 Å². The second-order valence-electron chi connectivity index (χ2n) is 6.30. The molecule has 2 heterocycles. The number of hydrogen-bond donors (Lipinski definition) is 1. The number of amides is 1. The monoisotopic (exact) mass is 363 g/mol. The van der Waals surface area contributed by atoms with Crippen molar-refractivity contribution in [3.63, 3.8) is 0 Å². The minimum Gasteiger partial charge on any atom is -0.326 e. The van der Waals surface area contributed by atoms with Crippen molar-refractivity contribution in [3.8, 4) is 0 Å². The van der Waals surface area contributed by atoms with Crippen LogP contribution in [0.25, 0.3) is 0 Å². The van der Waals surface area contributed by atoms with Crippen LogP contribution in [0.5, 0.6) is 0 Å². The molecule has 0 bridgehead atoms. The molecular formula is C21H18ClN3O. The van der Waals surface area contributed by atoms with E-state index < -0.39 is 0 Å². The molecule has 2 aromatic carbocycles. The van der Waals surface area contributed by atoms with Crippen molar-refractivity contribution < 1.29 is 4.79 Å². The maximum Gasteiger partial charge on any atom is 0.257 e. The van der Waals surface area contributed by atoms with Crippen LogP contribution < -0.4 is 10.2 Å². The van der Waals surface area contributed by atoms with Gasteiger partial charge in [0.25, 0.3) is 5.91 Å². The third-order valence-electron chi connectivity index (χ3n) is 4.69. The summed E-state index contributed by atoms with van der Waals surface area (Å²) in [6.07, 6.45) is 2.62. The number of para-hydroxylation sites is 1. The van der Waals surface area contributed by atoms with Gasteiger partial charge in [0.1, 0.15) is 5.82 Å². The molecule has 1 amide bonds. The van der Waals surface area contributed by atoms with Crippen molar-refractivity contribution >= 4 is 34.7 Å². The summed E-state index contributed by atoms with van der Waals surface area (Å²) in [5, 5.41) is 3.52. The molecule has 3 aromatic rings. The van der Waals surface area contributed by atoms with E-state index in [0.29, 0.717) is 16.3 Å². The van der Waals surface area contributed by atoms with Gasteiger partial charge in [-0.3, -0.25) is 4.79 Å². The third kappa shape index (κ3) is 3.04. The van der Waals surface area contributed by atoms with Crippen molar-refractivity contribution in [1.82, 2.24) is 4.98 Å². The van der Waals surface area contributed by atoms with Gasteiger partial charge >= 0.3 is 0 Å². The summed E-state index contributed by atoms with van der Waals surface area (Å²) in [5.41, 5.74) is 4.58. The molecule has 0 saturated carbocycles. The van der Waals surface area contributed by atoms with E-state index in [9.17, 15) is 4.79 Å². The van der Waals surface area contributed by atoms with Crippen LogP contribution in [0.1, 0.15) is 21.5 Å². The Kier molecular flexibility index (Phi) is 4.35. The van der Waals surface area contributed by atoms with Crippen LogP contribution in [-0.4, -0.2) is 17.4 Å². The second-order valence-corrected chi connectivity index (χ2v) is 6.71. The number of nitrogens with one attached hydrogen (secondary N) is 1. The summed E-state index contributed by atoms with van der Waals surface area (Å²) in [4.78, 5) is 19.2. The van der Waals surface area contributed by atoms with Gasteiger partial charge in [0.15, 0.2) is 0 Å². The van der Waals surface area contributed by atoms with E-state index in [1.165, 1.54) is 11.3 Å². The Morgan fingerprint density at radius 1 is 1.12 bits per heavy atom. The first-order valence-electron chi connectivity index (χ1n) is 8.51. The molecule has 0 fully saturated rings. The SMILES string of the molecule is Cc1c(Cl)cccc1NC(=O)c1ccc(N2CCc3ccccc32)nc1. The highest BCUT2D eigenvalue weighted by molar-refractivity contribution is 6.31. The van der Waals surface area contributed by atoms with E-state index in [-0.39, 0.29) is 5.91 Å². The minimum atomic E-state index is -0.198. The largest absolute Gasteiger partial charge is 0.326 e. The third-order valence-corrected chi connectivity index (χ3v) is 5.10. The highest BCUT2D eigenvalue weighted by Gasteiger charge is 2.21. The Morgan fingerprint density at radius 3 is 2.77 bits per heavy atom. The van der Waals surface area contributed by atoms with Gasteiger partial charge in [-0.2, -0.15) is 0 Å². The van der Waals surface area contributed by atoms with Crippen molar-refractivity contribution in [3.05, 3.63) is 82.5 Å². The number of pyridine rings is 1. The molecule has 1 aromatic heterocycles. The molecule has 0 aliphatic carbocycles. The zero-order valence-electron chi connectivity index (χ0n) is 14.4. The first-order chi connectivity index (χ1) is 12.6. The van der Waals surface area contributed by atoms with E-state index in [0.717, 1.165) is 24.3 Å². The number of benzene rings is 2. The van der Waals surface area contributed by atoms with Gasteiger partial charge in [0.05, 0.1) is 5.56 Å². The van der Waals surface area contributed by atoms with Gasteiger partial charge in [0.2, 0.25) is 0 Å². The van der Waals surface area contributed by atoms with Gasteiger partial charge in [-0.05, 0) is 54.8 Å². The van der Waals surface area contributed by atoms with Crippen LogP contribution in [0.2, 0.25) is 5.02 Å². The predicted octanol–water partition coefficient (Wildman–Crippen LogP) is 4.99. The molecule has 5 heteroatoms. The fourth-order valence-electron chi connectivity index (χ4n) is 3.19. The van der Waals surface area contributed by atoms with Crippen molar-refractivity contribution in [2.24, 2.45) is 0 Å². The fourth-order valence-corrected chi connectivity index (χ4v) is 3.37. The van der Waals surface area contributed by atoms with Gasteiger partial charge in [0, 0.05) is 29.1 Å². The maximum atomic E-state index is 12.5. The molecule has 130 valence electrons. The summed E-state index contributed by atoms with van der Waals surface area (Å²) < 4.78 is 0. The van der Waals surface area contributed by atoms with Crippen molar-refractivity contribution in [2.45, 2.75) is 13.3 Å². The molecule has 0 radical (unpaired) electrons. The number of carbonyl (C=O) groups excluding carboxylic acids is 1. The highest BCUT2D eigenvalue weighted by atomic mass is 35.5. The molecule has 4 nitrogen and oxygen atoms in total. The summed E-state index contributed by atoms with van der Waals surface area (Å²) in [6, 6.07) is 17.5. The summed E-state index contributed by atoms with van der Waals surface area (Å²) in [6.45, 7) is 2.78. The zero-order chi connectivity index (χ0) is 18.1. The van der Waals surface area contributed by atoms with Crippen LogP contribution in [0.15, 0.2) is 60.8 Å². The van der Waals surface area contributed by atoms with Crippen LogP contribution in [-0.2, 0) is 6.42 Å². The smallest absolute Gasteiger partial charge is 0.257 e. The molecule has 0 unspecified atom stereocenters. The Bertz CT molecular complexity index is 969. The lowest BCUT2D eigenvalue weighted by molar-refractivity contribution is 0.102. The Morgan fingerprint density at radius 2 is 1.96 bits per heavy atom.